The molecule has 0 spiro atoms. The van der Waals surface area contributed by atoms with Crippen LogP contribution in [0.15, 0.2) is 34.8 Å². The highest BCUT2D eigenvalue weighted by atomic mass is 79.9. The van der Waals surface area contributed by atoms with Gasteiger partial charge in [-0.25, -0.2) is 13.2 Å². The van der Waals surface area contributed by atoms with Crippen molar-refractivity contribution in [2.45, 2.75) is 0 Å². The number of anilines is 1. The van der Waals surface area contributed by atoms with E-state index in [0.717, 1.165) is 12.1 Å². The van der Waals surface area contributed by atoms with Gasteiger partial charge in [0.25, 0.3) is 0 Å². The molecular formula is C12H7BrF3N. The third-order valence-corrected chi connectivity index (χ3v) is 3.02. The molecule has 0 atom stereocenters. The van der Waals surface area contributed by atoms with Crippen LogP contribution in [0.4, 0.5) is 18.9 Å². The molecule has 0 fully saturated rings. The lowest BCUT2D eigenvalue weighted by Gasteiger charge is -2.09. The van der Waals surface area contributed by atoms with Crippen molar-refractivity contribution in [1.29, 1.82) is 0 Å². The zero-order valence-corrected chi connectivity index (χ0v) is 10.1. The number of benzene rings is 2. The van der Waals surface area contributed by atoms with Gasteiger partial charge in [0.05, 0.1) is 0 Å². The van der Waals surface area contributed by atoms with Crippen LogP contribution in [0.1, 0.15) is 0 Å². The summed E-state index contributed by atoms with van der Waals surface area (Å²) < 4.78 is 40.8. The van der Waals surface area contributed by atoms with E-state index < -0.39 is 23.1 Å². The normalized spacial score (nSPS) is 10.6. The largest absolute Gasteiger partial charge is 0.394 e. The number of hydrogen-bond donors (Lipinski definition) is 1. The van der Waals surface area contributed by atoms with Crippen molar-refractivity contribution >= 4 is 21.6 Å². The van der Waals surface area contributed by atoms with Crippen LogP contribution >= 0.6 is 15.9 Å². The highest BCUT2D eigenvalue weighted by Crippen LogP contribution is 2.34. The second-order valence-corrected chi connectivity index (χ2v) is 4.27. The summed E-state index contributed by atoms with van der Waals surface area (Å²) in [5.41, 5.74) is 4.57. The van der Waals surface area contributed by atoms with Gasteiger partial charge in [0, 0.05) is 15.6 Å². The van der Waals surface area contributed by atoms with E-state index in [9.17, 15) is 13.2 Å². The fourth-order valence-electron chi connectivity index (χ4n) is 1.52. The molecule has 0 heterocycles. The molecule has 0 bridgehead atoms. The van der Waals surface area contributed by atoms with Gasteiger partial charge in [-0.15, -0.1) is 0 Å². The second-order valence-electron chi connectivity index (χ2n) is 3.42. The molecule has 17 heavy (non-hydrogen) atoms. The molecule has 0 aliphatic rings. The van der Waals surface area contributed by atoms with E-state index in [1.54, 1.807) is 6.07 Å². The Kier molecular flexibility index (Phi) is 3.11. The van der Waals surface area contributed by atoms with Gasteiger partial charge in [0.1, 0.15) is 17.3 Å². The first-order valence-electron chi connectivity index (χ1n) is 4.70. The third kappa shape index (κ3) is 2.02. The summed E-state index contributed by atoms with van der Waals surface area (Å²) in [5, 5.41) is 0. The Bertz CT molecular complexity index is 564. The van der Waals surface area contributed by atoms with Gasteiger partial charge in [0.15, 0.2) is 5.82 Å². The average Bonchev–Trinajstić information content (AvgIpc) is 2.29. The van der Waals surface area contributed by atoms with E-state index >= 15 is 0 Å². The summed E-state index contributed by atoms with van der Waals surface area (Å²) in [7, 11) is 0. The van der Waals surface area contributed by atoms with Crippen LogP contribution in [0.25, 0.3) is 11.1 Å². The quantitative estimate of drug-likeness (QED) is 0.788. The summed E-state index contributed by atoms with van der Waals surface area (Å²) in [6.45, 7) is 0. The minimum Gasteiger partial charge on any atom is -0.394 e. The van der Waals surface area contributed by atoms with Crippen LogP contribution in [0.3, 0.4) is 0 Å². The lowest BCUT2D eigenvalue weighted by atomic mass is 10.0. The van der Waals surface area contributed by atoms with Gasteiger partial charge in [-0.1, -0.05) is 22.0 Å². The Hall–Kier alpha value is -1.49. The first-order chi connectivity index (χ1) is 8.02. The zero-order chi connectivity index (χ0) is 12.6. The third-order valence-electron chi connectivity index (χ3n) is 2.36. The topological polar surface area (TPSA) is 26.0 Å². The second kappa shape index (κ2) is 4.41. The zero-order valence-electron chi connectivity index (χ0n) is 8.48. The van der Waals surface area contributed by atoms with Crippen LogP contribution in [0.5, 0.6) is 0 Å². The van der Waals surface area contributed by atoms with E-state index in [0.29, 0.717) is 4.47 Å². The van der Waals surface area contributed by atoms with Crippen LogP contribution in [0, 0.1) is 17.5 Å². The molecule has 2 aromatic carbocycles. The summed E-state index contributed by atoms with van der Waals surface area (Å²) >= 11 is 3.12. The maximum absolute atomic E-state index is 13.8. The number of nitrogen functional groups attached to an aromatic ring is 1. The van der Waals surface area contributed by atoms with Crippen molar-refractivity contribution in [3.63, 3.8) is 0 Å². The minimum absolute atomic E-state index is 0.0247. The Morgan fingerprint density at radius 3 is 2.29 bits per heavy atom. The smallest absolute Gasteiger partial charge is 0.157 e. The molecule has 88 valence electrons. The predicted octanol–water partition coefficient (Wildman–Crippen LogP) is 4.12. The van der Waals surface area contributed by atoms with Crippen LogP contribution in [-0.2, 0) is 0 Å². The lowest BCUT2D eigenvalue weighted by molar-refractivity contribution is 0.590. The summed E-state index contributed by atoms with van der Waals surface area (Å²) in [6, 6.07) is 6.40. The minimum atomic E-state index is -0.962. The maximum atomic E-state index is 13.8. The van der Waals surface area contributed by atoms with Gasteiger partial charge < -0.3 is 5.73 Å². The highest BCUT2D eigenvalue weighted by Gasteiger charge is 2.17. The number of nitrogens with two attached hydrogens (primary N) is 1. The summed E-state index contributed by atoms with van der Waals surface area (Å²) in [4.78, 5) is 0. The first-order valence-corrected chi connectivity index (χ1v) is 5.49. The first kappa shape index (κ1) is 12.0. The van der Waals surface area contributed by atoms with Crippen molar-refractivity contribution in [2.75, 3.05) is 5.73 Å². The molecular weight excluding hydrogens is 295 g/mol. The standard InChI is InChI=1S/C12H7BrF3N/c13-7-2-1-3-8(14)10(7)6-4-5-9(15)12(17)11(6)16/h1-5H,17H2. The van der Waals surface area contributed by atoms with E-state index in [1.165, 1.54) is 12.1 Å². The maximum Gasteiger partial charge on any atom is 0.157 e. The van der Waals surface area contributed by atoms with Crippen molar-refractivity contribution in [3.05, 3.63) is 52.3 Å². The van der Waals surface area contributed by atoms with Crippen LogP contribution < -0.4 is 5.73 Å². The molecule has 0 unspecified atom stereocenters. The van der Waals surface area contributed by atoms with E-state index in [4.69, 9.17) is 5.73 Å². The Labute approximate surface area is 104 Å². The fourth-order valence-corrected chi connectivity index (χ4v) is 2.07. The molecule has 0 aliphatic carbocycles. The molecule has 2 rings (SSSR count). The molecule has 0 saturated heterocycles. The Balaban J connectivity index is 2.74. The van der Waals surface area contributed by atoms with Crippen molar-refractivity contribution in [1.82, 2.24) is 0 Å². The lowest BCUT2D eigenvalue weighted by Crippen LogP contribution is -1.99. The van der Waals surface area contributed by atoms with E-state index in [2.05, 4.69) is 15.9 Å². The van der Waals surface area contributed by atoms with Gasteiger partial charge in [-0.05, 0) is 24.3 Å². The monoisotopic (exact) mass is 301 g/mol. The van der Waals surface area contributed by atoms with Gasteiger partial charge in [-0.3, -0.25) is 0 Å². The molecule has 5 heteroatoms. The number of rotatable bonds is 1. The molecule has 0 aromatic heterocycles. The fraction of sp³-hybridized carbons (Fsp3) is 0. The molecule has 0 radical (unpaired) electrons. The average molecular weight is 302 g/mol. The molecule has 1 nitrogen and oxygen atoms in total. The van der Waals surface area contributed by atoms with E-state index in [-0.39, 0.29) is 11.1 Å². The van der Waals surface area contributed by atoms with Crippen molar-refractivity contribution in [3.8, 4) is 11.1 Å². The van der Waals surface area contributed by atoms with Crippen molar-refractivity contribution < 1.29 is 13.2 Å². The highest BCUT2D eigenvalue weighted by molar-refractivity contribution is 9.10. The molecule has 0 saturated carbocycles. The Morgan fingerprint density at radius 2 is 1.65 bits per heavy atom. The molecule has 0 amide bonds. The predicted molar refractivity (Wildman–Crippen MR) is 63.9 cm³/mol. The summed E-state index contributed by atoms with van der Waals surface area (Å²) in [5.74, 6) is -2.43. The van der Waals surface area contributed by atoms with E-state index in [1.807, 2.05) is 0 Å². The Morgan fingerprint density at radius 1 is 0.941 bits per heavy atom. The molecule has 2 N–H and O–H groups in total. The van der Waals surface area contributed by atoms with Crippen molar-refractivity contribution in [2.24, 2.45) is 0 Å². The molecule has 0 aliphatic heterocycles. The molecule has 2 aromatic rings. The van der Waals surface area contributed by atoms with Gasteiger partial charge in [0.2, 0.25) is 0 Å². The van der Waals surface area contributed by atoms with Crippen LogP contribution in [-0.4, -0.2) is 0 Å². The number of halogens is 4. The number of hydrogen-bond acceptors (Lipinski definition) is 1. The van der Waals surface area contributed by atoms with Gasteiger partial charge in [-0.2, -0.15) is 0 Å². The summed E-state index contributed by atoms with van der Waals surface area (Å²) in [6.07, 6.45) is 0. The van der Waals surface area contributed by atoms with Crippen LogP contribution in [0.2, 0.25) is 0 Å². The SMILES string of the molecule is Nc1c(F)ccc(-c2c(F)cccc2Br)c1F. The van der Waals surface area contributed by atoms with Gasteiger partial charge >= 0.3 is 0 Å².